The van der Waals surface area contributed by atoms with Gasteiger partial charge in [0.15, 0.2) is 0 Å². The molecular weight excluding hydrogens is 210 g/mol. The lowest BCUT2D eigenvalue weighted by Gasteiger charge is -2.36. The first kappa shape index (κ1) is 12.9. The molecule has 1 unspecified atom stereocenters. The largest absolute Gasteiger partial charge is 0.480 e. The summed E-state index contributed by atoms with van der Waals surface area (Å²) >= 11 is 0. The molecule has 6 nitrogen and oxygen atoms in total. The molecule has 92 valence electrons. The van der Waals surface area contributed by atoms with Crippen LogP contribution in [0.15, 0.2) is 0 Å². The van der Waals surface area contributed by atoms with Crippen LogP contribution in [0.5, 0.6) is 0 Å². The summed E-state index contributed by atoms with van der Waals surface area (Å²) in [5.74, 6) is -0.792. The molecule has 0 aliphatic carbocycles. The zero-order valence-corrected chi connectivity index (χ0v) is 9.77. The van der Waals surface area contributed by atoms with Crippen LogP contribution in [0.1, 0.15) is 6.92 Å². The second kappa shape index (κ2) is 5.81. The van der Waals surface area contributed by atoms with E-state index in [4.69, 9.17) is 5.11 Å². The number of likely N-dealkylation sites (N-methyl/N-ethyl adjacent to an activating group) is 1. The van der Waals surface area contributed by atoms with E-state index in [9.17, 15) is 9.59 Å². The predicted octanol–water partition coefficient (Wildman–Crippen LogP) is -1.18. The molecule has 0 bridgehead atoms. The van der Waals surface area contributed by atoms with E-state index >= 15 is 0 Å². The van der Waals surface area contributed by atoms with Gasteiger partial charge in [-0.2, -0.15) is 0 Å². The molecule has 16 heavy (non-hydrogen) atoms. The highest BCUT2D eigenvalue weighted by Gasteiger charge is 2.25. The maximum atomic E-state index is 11.1. The van der Waals surface area contributed by atoms with Crippen molar-refractivity contribution in [2.75, 3.05) is 39.8 Å². The average Bonchev–Trinajstić information content (AvgIpc) is 2.28. The van der Waals surface area contributed by atoms with Gasteiger partial charge in [0.2, 0.25) is 5.91 Å². The molecule has 0 radical (unpaired) electrons. The van der Waals surface area contributed by atoms with E-state index in [-0.39, 0.29) is 5.91 Å². The highest BCUT2D eigenvalue weighted by Crippen LogP contribution is 2.06. The lowest BCUT2D eigenvalue weighted by molar-refractivity contribution is -0.143. The van der Waals surface area contributed by atoms with Crippen LogP contribution in [-0.4, -0.2) is 72.6 Å². The average molecular weight is 229 g/mol. The number of rotatable bonds is 4. The summed E-state index contributed by atoms with van der Waals surface area (Å²) in [7, 11) is 1.62. The number of nitrogens with one attached hydrogen (secondary N) is 1. The summed E-state index contributed by atoms with van der Waals surface area (Å²) < 4.78 is 0. The second-order valence-corrected chi connectivity index (χ2v) is 4.00. The summed E-state index contributed by atoms with van der Waals surface area (Å²) in [6.07, 6.45) is 0. The highest BCUT2D eigenvalue weighted by atomic mass is 16.4. The first-order chi connectivity index (χ1) is 7.54. The molecule has 1 rings (SSSR count). The number of carbonyl (C=O) groups excluding carboxylic acids is 1. The number of aliphatic carboxylic acids is 1. The van der Waals surface area contributed by atoms with E-state index in [1.165, 1.54) is 0 Å². The molecule has 1 fully saturated rings. The molecule has 1 aliphatic rings. The first-order valence-electron chi connectivity index (χ1n) is 5.44. The van der Waals surface area contributed by atoms with Crippen molar-refractivity contribution >= 4 is 11.9 Å². The summed E-state index contributed by atoms with van der Waals surface area (Å²) in [5, 5.41) is 11.4. The van der Waals surface area contributed by atoms with E-state index in [1.807, 2.05) is 9.80 Å². The number of nitrogens with zero attached hydrogens (tertiary/aromatic N) is 2. The highest BCUT2D eigenvalue weighted by molar-refractivity contribution is 5.77. The minimum absolute atomic E-state index is 0.000247. The van der Waals surface area contributed by atoms with Gasteiger partial charge in [-0.25, -0.2) is 0 Å². The van der Waals surface area contributed by atoms with Gasteiger partial charge in [-0.1, -0.05) is 0 Å². The third-order valence-corrected chi connectivity index (χ3v) is 2.96. The summed E-state index contributed by atoms with van der Waals surface area (Å²) in [6, 6.07) is -0.442. The quantitative estimate of drug-likeness (QED) is 0.635. The van der Waals surface area contributed by atoms with Crippen molar-refractivity contribution in [3.8, 4) is 0 Å². The van der Waals surface area contributed by atoms with Gasteiger partial charge in [0.1, 0.15) is 6.04 Å². The smallest absolute Gasteiger partial charge is 0.320 e. The van der Waals surface area contributed by atoms with Gasteiger partial charge in [-0.05, 0) is 6.92 Å². The van der Waals surface area contributed by atoms with Crippen LogP contribution in [0.4, 0.5) is 0 Å². The van der Waals surface area contributed by atoms with Gasteiger partial charge in [0.25, 0.3) is 0 Å². The molecule has 1 amide bonds. The maximum Gasteiger partial charge on any atom is 0.320 e. The Morgan fingerprint density at radius 3 is 2.31 bits per heavy atom. The number of carboxylic acid groups (broad SMARTS) is 1. The zero-order chi connectivity index (χ0) is 12.1. The van der Waals surface area contributed by atoms with Crippen LogP contribution < -0.4 is 5.32 Å². The Hall–Kier alpha value is -1.14. The molecular formula is C10H19N3O3. The molecule has 0 aromatic heterocycles. The second-order valence-electron chi connectivity index (χ2n) is 4.00. The van der Waals surface area contributed by atoms with Crippen LogP contribution in [0.3, 0.4) is 0 Å². The normalized spacial score (nSPS) is 20.4. The topological polar surface area (TPSA) is 72.9 Å². The summed E-state index contributed by atoms with van der Waals surface area (Å²) in [5.41, 5.74) is 0. The molecule has 0 saturated carbocycles. The van der Waals surface area contributed by atoms with Crippen LogP contribution in [-0.2, 0) is 9.59 Å². The monoisotopic (exact) mass is 229 g/mol. The summed E-state index contributed by atoms with van der Waals surface area (Å²) in [6.45, 7) is 4.97. The fraction of sp³-hybridized carbons (Fsp3) is 0.800. The van der Waals surface area contributed by atoms with Crippen molar-refractivity contribution < 1.29 is 14.7 Å². The molecule has 6 heteroatoms. The number of carbonyl (C=O) groups is 2. The van der Waals surface area contributed by atoms with Crippen molar-refractivity contribution in [3.63, 3.8) is 0 Å². The van der Waals surface area contributed by atoms with Crippen LogP contribution >= 0.6 is 0 Å². The molecule has 2 N–H and O–H groups in total. The Kier molecular flexibility index (Phi) is 4.70. The third kappa shape index (κ3) is 3.46. The lowest BCUT2D eigenvalue weighted by Crippen LogP contribution is -2.53. The molecule has 1 atom stereocenters. The fourth-order valence-electron chi connectivity index (χ4n) is 1.75. The number of amides is 1. The van der Waals surface area contributed by atoms with Crippen LogP contribution in [0, 0.1) is 0 Å². The van der Waals surface area contributed by atoms with E-state index in [0.717, 1.165) is 13.1 Å². The van der Waals surface area contributed by atoms with Gasteiger partial charge in [-0.3, -0.25) is 19.4 Å². The minimum atomic E-state index is -0.792. The van der Waals surface area contributed by atoms with E-state index in [1.54, 1.807) is 14.0 Å². The molecule has 1 saturated heterocycles. The Morgan fingerprint density at radius 2 is 1.88 bits per heavy atom. The Labute approximate surface area is 95.2 Å². The van der Waals surface area contributed by atoms with Gasteiger partial charge in [-0.15, -0.1) is 0 Å². The Balaban J connectivity index is 2.34. The minimum Gasteiger partial charge on any atom is -0.480 e. The number of hydrogen-bond acceptors (Lipinski definition) is 4. The van der Waals surface area contributed by atoms with Crippen LogP contribution in [0.25, 0.3) is 0 Å². The Bertz CT molecular complexity index is 262. The zero-order valence-electron chi connectivity index (χ0n) is 9.77. The number of hydrogen-bond donors (Lipinski definition) is 2. The third-order valence-electron chi connectivity index (χ3n) is 2.96. The van der Waals surface area contributed by atoms with Gasteiger partial charge in [0.05, 0.1) is 6.54 Å². The molecule has 0 aromatic rings. The fourth-order valence-corrected chi connectivity index (χ4v) is 1.75. The first-order valence-corrected chi connectivity index (χ1v) is 5.44. The predicted molar refractivity (Wildman–Crippen MR) is 59.2 cm³/mol. The van der Waals surface area contributed by atoms with Gasteiger partial charge in [0, 0.05) is 33.2 Å². The molecule has 0 aromatic carbocycles. The van der Waals surface area contributed by atoms with Crippen molar-refractivity contribution in [2.24, 2.45) is 0 Å². The lowest BCUT2D eigenvalue weighted by atomic mass is 10.2. The van der Waals surface area contributed by atoms with Gasteiger partial charge < -0.3 is 10.4 Å². The van der Waals surface area contributed by atoms with Crippen molar-refractivity contribution in [1.29, 1.82) is 0 Å². The molecule has 1 heterocycles. The van der Waals surface area contributed by atoms with Crippen molar-refractivity contribution in [1.82, 2.24) is 15.1 Å². The van der Waals surface area contributed by atoms with Gasteiger partial charge >= 0.3 is 5.97 Å². The van der Waals surface area contributed by atoms with E-state index < -0.39 is 12.0 Å². The number of carboxylic acids is 1. The molecule has 0 spiro atoms. The van der Waals surface area contributed by atoms with E-state index in [2.05, 4.69) is 5.32 Å². The van der Waals surface area contributed by atoms with E-state index in [0.29, 0.717) is 19.6 Å². The molecule has 1 aliphatic heterocycles. The SMILES string of the molecule is CNC(=O)CN1CCN(C(C)C(=O)O)CC1. The van der Waals surface area contributed by atoms with Crippen molar-refractivity contribution in [3.05, 3.63) is 0 Å². The maximum absolute atomic E-state index is 11.1. The number of piperazine rings is 1. The van der Waals surface area contributed by atoms with Crippen molar-refractivity contribution in [2.45, 2.75) is 13.0 Å². The standard InChI is InChI=1S/C10H19N3O3/c1-8(10(15)16)13-5-3-12(4-6-13)7-9(14)11-2/h8H,3-7H2,1-2H3,(H,11,14)(H,15,16). The summed E-state index contributed by atoms with van der Waals surface area (Å²) in [4.78, 5) is 25.9. The van der Waals surface area contributed by atoms with Crippen LogP contribution in [0.2, 0.25) is 0 Å². The Morgan fingerprint density at radius 1 is 1.31 bits per heavy atom.